The topological polar surface area (TPSA) is 68.7 Å². The first-order valence-corrected chi connectivity index (χ1v) is 11.6. The normalized spacial score (nSPS) is 10.8. The van der Waals surface area contributed by atoms with Crippen LogP contribution in [0.2, 0.25) is 0 Å². The second kappa shape index (κ2) is 12.2. The molecule has 0 unspecified atom stereocenters. The molecular formula is C31H24FNO4. The van der Waals surface area contributed by atoms with Crippen molar-refractivity contribution in [3.8, 4) is 23.3 Å². The minimum atomic E-state index is -1.04. The van der Waals surface area contributed by atoms with Crippen LogP contribution in [0.5, 0.6) is 11.5 Å². The summed E-state index contributed by atoms with van der Waals surface area (Å²) >= 11 is 0. The summed E-state index contributed by atoms with van der Waals surface area (Å²) in [6.07, 6.45) is 3.64. The molecule has 5 nitrogen and oxygen atoms in total. The van der Waals surface area contributed by atoms with E-state index >= 15 is 0 Å². The van der Waals surface area contributed by atoms with E-state index in [4.69, 9.17) is 14.6 Å². The van der Waals surface area contributed by atoms with Gasteiger partial charge in [-0.3, -0.25) is 0 Å². The molecule has 0 atom stereocenters. The third-order valence-corrected chi connectivity index (χ3v) is 5.39. The number of halogens is 1. The average molecular weight is 494 g/mol. The highest BCUT2D eigenvalue weighted by molar-refractivity contribution is 5.80. The number of carboxylic acids is 1. The van der Waals surface area contributed by atoms with Gasteiger partial charge >= 0.3 is 5.97 Å². The van der Waals surface area contributed by atoms with Crippen molar-refractivity contribution in [2.75, 3.05) is 13.2 Å². The number of hydrogen-bond acceptors (Lipinski definition) is 4. The molecule has 0 aliphatic rings. The molecule has 1 N–H and O–H groups in total. The molecule has 0 bridgehead atoms. The zero-order valence-electron chi connectivity index (χ0n) is 20.1. The van der Waals surface area contributed by atoms with E-state index in [-0.39, 0.29) is 12.4 Å². The van der Waals surface area contributed by atoms with Crippen LogP contribution in [-0.4, -0.2) is 29.3 Å². The first-order chi connectivity index (χ1) is 18.0. The molecule has 3 aromatic carbocycles. The standard InChI is InChI=1S/C31H24FNO4/c1-22-20-28(15-16-30(22)37-21-31(34)35)36-19-17-29(25-10-12-26(32)13-11-25)24-8-5-23(6-9-24)7-14-27-4-2-3-18-33-27/h2-6,8-13,15-18,20H,19,21H2,1H3,(H,34,35)/b29-17-. The van der Waals surface area contributed by atoms with Crippen molar-refractivity contribution in [3.63, 3.8) is 0 Å². The van der Waals surface area contributed by atoms with E-state index in [1.54, 1.807) is 36.5 Å². The second-order valence-corrected chi connectivity index (χ2v) is 8.09. The summed E-state index contributed by atoms with van der Waals surface area (Å²) in [5, 5.41) is 8.79. The number of aryl methyl sites for hydroxylation is 1. The molecule has 0 aliphatic carbocycles. The maximum absolute atomic E-state index is 13.6. The molecule has 0 saturated carbocycles. The molecule has 0 spiro atoms. The van der Waals surface area contributed by atoms with Crippen molar-refractivity contribution in [1.29, 1.82) is 0 Å². The maximum atomic E-state index is 13.6. The molecule has 6 heteroatoms. The van der Waals surface area contributed by atoms with Gasteiger partial charge < -0.3 is 14.6 Å². The van der Waals surface area contributed by atoms with E-state index in [1.165, 1.54) is 12.1 Å². The molecule has 0 amide bonds. The third-order valence-electron chi connectivity index (χ3n) is 5.39. The Labute approximate surface area is 214 Å². The van der Waals surface area contributed by atoms with Gasteiger partial charge in [-0.15, -0.1) is 0 Å². The van der Waals surface area contributed by atoms with Crippen molar-refractivity contribution in [2.45, 2.75) is 6.92 Å². The zero-order chi connectivity index (χ0) is 26.0. The highest BCUT2D eigenvalue weighted by atomic mass is 19.1. The molecule has 184 valence electrons. The van der Waals surface area contributed by atoms with Crippen LogP contribution in [0.1, 0.15) is 27.9 Å². The summed E-state index contributed by atoms with van der Waals surface area (Å²) in [6, 6.07) is 24.9. The Balaban J connectivity index is 1.52. The lowest BCUT2D eigenvalue weighted by Crippen LogP contribution is -2.10. The number of pyridine rings is 1. The van der Waals surface area contributed by atoms with Crippen molar-refractivity contribution < 1.29 is 23.8 Å². The third kappa shape index (κ3) is 7.30. The summed E-state index contributed by atoms with van der Waals surface area (Å²) in [5.41, 5.74) is 5.00. The molecule has 0 fully saturated rings. The van der Waals surface area contributed by atoms with E-state index in [2.05, 4.69) is 16.8 Å². The van der Waals surface area contributed by atoms with Crippen molar-refractivity contribution in [3.05, 3.63) is 131 Å². The van der Waals surface area contributed by atoms with Gasteiger partial charge in [0.1, 0.15) is 29.6 Å². The van der Waals surface area contributed by atoms with E-state index in [0.29, 0.717) is 17.2 Å². The van der Waals surface area contributed by atoms with E-state index in [0.717, 1.165) is 27.8 Å². The molecule has 0 radical (unpaired) electrons. The van der Waals surface area contributed by atoms with E-state index in [1.807, 2.05) is 55.5 Å². The Bertz CT molecular complexity index is 1450. The molecule has 4 aromatic rings. The number of carboxylic acid groups (broad SMARTS) is 1. The highest BCUT2D eigenvalue weighted by Gasteiger charge is 2.08. The fraction of sp³-hybridized carbons (Fsp3) is 0.0968. The molecule has 1 aromatic heterocycles. The predicted octanol–water partition coefficient (Wildman–Crippen LogP) is 5.90. The summed E-state index contributed by atoms with van der Waals surface area (Å²) in [6.45, 7) is 1.68. The monoisotopic (exact) mass is 493 g/mol. The number of carbonyl (C=O) groups is 1. The van der Waals surface area contributed by atoms with Crippen LogP contribution in [0.4, 0.5) is 4.39 Å². The second-order valence-electron chi connectivity index (χ2n) is 8.09. The van der Waals surface area contributed by atoms with Crippen molar-refractivity contribution >= 4 is 11.5 Å². The van der Waals surface area contributed by atoms with Crippen molar-refractivity contribution in [2.24, 2.45) is 0 Å². The van der Waals surface area contributed by atoms with Crippen LogP contribution in [0, 0.1) is 24.6 Å². The number of aliphatic carboxylic acids is 1. The Hall–Kier alpha value is -4.89. The Morgan fingerprint density at radius 2 is 1.68 bits per heavy atom. The van der Waals surface area contributed by atoms with Gasteiger partial charge in [-0.1, -0.05) is 36.3 Å². The van der Waals surface area contributed by atoms with E-state index < -0.39 is 12.6 Å². The molecular weight excluding hydrogens is 469 g/mol. The number of hydrogen-bond donors (Lipinski definition) is 1. The number of rotatable bonds is 8. The first-order valence-electron chi connectivity index (χ1n) is 11.6. The molecule has 37 heavy (non-hydrogen) atoms. The average Bonchev–Trinajstić information content (AvgIpc) is 2.91. The van der Waals surface area contributed by atoms with Crippen LogP contribution in [0.3, 0.4) is 0 Å². The minimum absolute atomic E-state index is 0.267. The smallest absolute Gasteiger partial charge is 0.341 e. The van der Waals surface area contributed by atoms with Gasteiger partial charge in [0.15, 0.2) is 6.61 Å². The molecule has 0 saturated heterocycles. The number of nitrogens with zero attached hydrogens (tertiary/aromatic N) is 1. The molecule has 4 rings (SSSR count). The highest BCUT2D eigenvalue weighted by Crippen LogP contribution is 2.26. The van der Waals surface area contributed by atoms with Gasteiger partial charge in [0, 0.05) is 11.8 Å². The van der Waals surface area contributed by atoms with Crippen LogP contribution in [-0.2, 0) is 4.79 Å². The lowest BCUT2D eigenvalue weighted by molar-refractivity contribution is -0.139. The Morgan fingerprint density at radius 3 is 2.32 bits per heavy atom. The van der Waals surface area contributed by atoms with Gasteiger partial charge in [-0.2, -0.15) is 0 Å². The lowest BCUT2D eigenvalue weighted by atomic mass is 9.96. The van der Waals surface area contributed by atoms with E-state index in [9.17, 15) is 9.18 Å². The quantitative estimate of drug-likeness (QED) is 0.310. The van der Waals surface area contributed by atoms with Gasteiger partial charge in [0.05, 0.1) is 0 Å². The Kier molecular flexibility index (Phi) is 8.30. The van der Waals surface area contributed by atoms with Crippen LogP contribution in [0.25, 0.3) is 5.57 Å². The van der Waals surface area contributed by atoms with Crippen LogP contribution >= 0.6 is 0 Å². The first kappa shape index (κ1) is 25.2. The van der Waals surface area contributed by atoms with Crippen LogP contribution < -0.4 is 9.47 Å². The van der Waals surface area contributed by atoms with Gasteiger partial charge in [0.25, 0.3) is 0 Å². The van der Waals surface area contributed by atoms with Gasteiger partial charge in [-0.05, 0) is 95.8 Å². The number of aromatic nitrogens is 1. The minimum Gasteiger partial charge on any atom is -0.489 e. The largest absolute Gasteiger partial charge is 0.489 e. The van der Waals surface area contributed by atoms with Gasteiger partial charge in [0.2, 0.25) is 0 Å². The Morgan fingerprint density at radius 1 is 0.946 bits per heavy atom. The number of benzene rings is 3. The van der Waals surface area contributed by atoms with Crippen molar-refractivity contribution in [1.82, 2.24) is 4.98 Å². The summed E-state index contributed by atoms with van der Waals surface area (Å²) < 4.78 is 24.8. The zero-order valence-corrected chi connectivity index (χ0v) is 20.1. The van der Waals surface area contributed by atoms with Crippen LogP contribution in [0.15, 0.2) is 97.2 Å². The maximum Gasteiger partial charge on any atom is 0.341 e. The summed E-state index contributed by atoms with van der Waals surface area (Å²) in [4.78, 5) is 14.9. The lowest BCUT2D eigenvalue weighted by Gasteiger charge is -2.12. The fourth-order valence-corrected chi connectivity index (χ4v) is 3.57. The summed E-state index contributed by atoms with van der Waals surface area (Å²) in [7, 11) is 0. The van der Waals surface area contributed by atoms with Gasteiger partial charge in [-0.25, -0.2) is 14.2 Å². The molecule has 0 aliphatic heterocycles. The molecule has 1 heterocycles. The number of ether oxygens (including phenoxy) is 2. The fourth-order valence-electron chi connectivity index (χ4n) is 3.57. The summed E-state index contributed by atoms with van der Waals surface area (Å²) in [5.74, 6) is 5.93. The SMILES string of the molecule is Cc1cc(OC/C=C(\c2ccc(F)cc2)c2ccc(C#Cc3ccccn3)cc2)ccc1OCC(=O)O. The predicted molar refractivity (Wildman–Crippen MR) is 140 cm³/mol.